The largest absolute Gasteiger partial charge is 0.496 e. The van der Waals surface area contributed by atoms with Gasteiger partial charge in [0.15, 0.2) is 0 Å². The summed E-state index contributed by atoms with van der Waals surface area (Å²) in [5.74, 6) is 0.986. The van der Waals surface area contributed by atoms with E-state index in [0.29, 0.717) is 25.7 Å². The van der Waals surface area contributed by atoms with Crippen LogP contribution in [0.4, 0.5) is 0 Å². The summed E-state index contributed by atoms with van der Waals surface area (Å²) in [6.45, 7) is 9.04. The third kappa shape index (κ3) is 5.67. The van der Waals surface area contributed by atoms with Crippen molar-refractivity contribution in [3.8, 4) is 5.75 Å². The minimum Gasteiger partial charge on any atom is -0.496 e. The van der Waals surface area contributed by atoms with Crippen LogP contribution >= 0.6 is 0 Å². The minimum absolute atomic E-state index is 0.445. The van der Waals surface area contributed by atoms with Crippen LogP contribution in [0.25, 0.3) is 0 Å². The Kier molecular flexibility index (Phi) is 8.54. The molecule has 0 aliphatic heterocycles. The van der Waals surface area contributed by atoms with Crippen molar-refractivity contribution in [2.75, 3.05) is 39.8 Å². The second-order valence-corrected chi connectivity index (χ2v) is 8.77. The lowest BCUT2D eigenvalue weighted by Crippen LogP contribution is -2.46. The maximum Gasteiger partial charge on any atom is 0.279 e. The molecule has 1 unspecified atom stereocenters. The number of ether oxygens (including phenoxy) is 1. The SMILES string of the molecule is CCCN(CCNS(=O)(=O)N(CC)CC)C1CCc2c(cccc2OC)C1. The van der Waals surface area contributed by atoms with Crippen LogP contribution in [-0.4, -0.2) is 63.5 Å². The van der Waals surface area contributed by atoms with E-state index in [2.05, 4.69) is 28.7 Å². The maximum absolute atomic E-state index is 12.3. The van der Waals surface area contributed by atoms with Crippen LogP contribution in [-0.2, 0) is 23.1 Å². The highest BCUT2D eigenvalue weighted by molar-refractivity contribution is 7.87. The van der Waals surface area contributed by atoms with Gasteiger partial charge in [0.1, 0.15) is 5.75 Å². The molecule has 2 rings (SSSR count). The molecule has 27 heavy (non-hydrogen) atoms. The van der Waals surface area contributed by atoms with Gasteiger partial charge >= 0.3 is 0 Å². The van der Waals surface area contributed by atoms with Gasteiger partial charge in [-0.2, -0.15) is 12.7 Å². The van der Waals surface area contributed by atoms with Crippen LogP contribution in [0.15, 0.2) is 18.2 Å². The normalized spacial score (nSPS) is 17.3. The number of hydrogen-bond donors (Lipinski definition) is 1. The zero-order valence-corrected chi connectivity index (χ0v) is 18.0. The van der Waals surface area contributed by atoms with E-state index in [1.165, 1.54) is 15.4 Å². The molecule has 6 nitrogen and oxygen atoms in total. The van der Waals surface area contributed by atoms with Crippen LogP contribution in [0.2, 0.25) is 0 Å². The number of fused-ring (bicyclic) bond motifs is 1. The fraction of sp³-hybridized carbons (Fsp3) is 0.700. The quantitative estimate of drug-likeness (QED) is 0.623. The predicted octanol–water partition coefficient (Wildman–Crippen LogP) is 2.44. The first kappa shape index (κ1) is 22.1. The average Bonchev–Trinajstić information content (AvgIpc) is 2.67. The van der Waals surface area contributed by atoms with Gasteiger partial charge in [0.25, 0.3) is 10.2 Å². The van der Waals surface area contributed by atoms with Crippen LogP contribution < -0.4 is 9.46 Å². The van der Waals surface area contributed by atoms with Crippen molar-refractivity contribution < 1.29 is 13.2 Å². The van der Waals surface area contributed by atoms with Crippen molar-refractivity contribution >= 4 is 10.2 Å². The Labute approximate surface area is 165 Å². The molecule has 0 aromatic heterocycles. The molecule has 0 amide bonds. The van der Waals surface area contributed by atoms with E-state index in [0.717, 1.165) is 44.5 Å². The average molecular weight is 398 g/mol. The molecule has 0 fully saturated rings. The van der Waals surface area contributed by atoms with E-state index in [1.807, 2.05) is 19.9 Å². The Morgan fingerprint density at radius 2 is 1.93 bits per heavy atom. The van der Waals surface area contributed by atoms with E-state index in [9.17, 15) is 8.42 Å². The Balaban J connectivity index is 1.99. The first-order valence-electron chi connectivity index (χ1n) is 10.1. The fourth-order valence-corrected chi connectivity index (χ4v) is 5.20. The molecule has 1 aliphatic rings. The summed E-state index contributed by atoms with van der Waals surface area (Å²) >= 11 is 0. The summed E-state index contributed by atoms with van der Waals surface area (Å²) in [6, 6.07) is 6.73. The lowest BCUT2D eigenvalue weighted by atomic mass is 9.86. The van der Waals surface area contributed by atoms with E-state index in [1.54, 1.807) is 7.11 Å². The highest BCUT2D eigenvalue weighted by atomic mass is 32.2. The Morgan fingerprint density at radius 1 is 1.19 bits per heavy atom. The summed E-state index contributed by atoms with van der Waals surface area (Å²) < 4.78 is 34.4. The molecule has 0 saturated carbocycles. The van der Waals surface area contributed by atoms with Gasteiger partial charge in [-0.05, 0) is 49.4 Å². The molecule has 1 aromatic rings. The van der Waals surface area contributed by atoms with E-state index in [-0.39, 0.29) is 0 Å². The van der Waals surface area contributed by atoms with Gasteiger partial charge < -0.3 is 4.74 Å². The third-order valence-electron chi connectivity index (χ3n) is 5.39. The van der Waals surface area contributed by atoms with Crippen molar-refractivity contribution in [1.82, 2.24) is 13.9 Å². The third-order valence-corrected chi connectivity index (χ3v) is 7.15. The van der Waals surface area contributed by atoms with Crippen molar-refractivity contribution in [2.45, 2.75) is 52.5 Å². The molecule has 0 spiro atoms. The zero-order valence-electron chi connectivity index (χ0n) is 17.2. The number of rotatable bonds is 11. The van der Waals surface area contributed by atoms with Gasteiger partial charge in [0.05, 0.1) is 7.11 Å². The smallest absolute Gasteiger partial charge is 0.279 e. The minimum atomic E-state index is -3.38. The number of methoxy groups -OCH3 is 1. The van der Waals surface area contributed by atoms with Crippen molar-refractivity contribution in [1.29, 1.82) is 0 Å². The van der Waals surface area contributed by atoms with Gasteiger partial charge in [-0.25, -0.2) is 4.72 Å². The molecular formula is C20H35N3O3S. The molecule has 0 saturated heterocycles. The summed E-state index contributed by atoms with van der Waals surface area (Å²) in [5, 5.41) is 0. The van der Waals surface area contributed by atoms with E-state index >= 15 is 0 Å². The molecular weight excluding hydrogens is 362 g/mol. The molecule has 1 N–H and O–H groups in total. The number of benzene rings is 1. The van der Waals surface area contributed by atoms with Gasteiger partial charge in [0, 0.05) is 32.2 Å². The fourth-order valence-electron chi connectivity index (χ4n) is 3.99. The first-order chi connectivity index (χ1) is 13.0. The van der Waals surface area contributed by atoms with Crippen LogP contribution in [0.1, 0.15) is 44.7 Å². The summed E-state index contributed by atoms with van der Waals surface area (Å²) in [7, 11) is -1.65. The molecule has 1 aliphatic carbocycles. The second-order valence-electron chi connectivity index (χ2n) is 7.01. The molecule has 0 radical (unpaired) electrons. The topological polar surface area (TPSA) is 61.9 Å². The maximum atomic E-state index is 12.3. The van der Waals surface area contributed by atoms with Crippen LogP contribution in [0.3, 0.4) is 0 Å². The molecule has 1 atom stereocenters. The van der Waals surface area contributed by atoms with Gasteiger partial charge in [-0.1, -0.05) is 32.9 Å². The van der Waals surface area contributed by atoms with Crippen LogP contribution in [0, 0.1) is 0 Å². The van der Waals surface area contributed by atoms with E-state index in [4.69, 9.17) is 4.74 Å². The lowest BCUT2D eigenvalue weighted by Gasteiger charge is -2.35. The molecule has 154 valence electrons. The molecule has 0 heterocycles. The summed E-state index contributed by atoms with van der Waals surface area (Å²) in [4.78, 5) is 2.44. The number of nitrogens with zero attached hydrogens (tertiary/aromatic N) is 2. The van der Waals surface area contributed by atoms with Crippen molar-refractivity contribution in [2.24, 2.45) is 0 Å². The number of hydrogen-bond acceptors (Lipinski definition) is 4. The standard InChI is InChI=1S/C20H35N3O3S/c1-5-14-22(15-13-21-27(24,25)23(6-2)7-3)18-11-12-19-17(16-18)9-8-10-20(19)26-4/h8-10,18,21H,5-7,11-16H2,1-4H3. The van der Waals surface area contributed by atoms with Gasteiger partial charge in [-0.15, -0.1) is 0 Å². The Morgan fingerprint density at radius 3 is 2.56 bits per heavy atom. The summed E-state index contributed by atoms with van der Waals surface area (Å²) in [6.07, 6.45) is 4.14. The Bertz CT molecular complexity index is 690. The lowest BCUT2D eigenvalue weighted by molar-refractivity contribution is 0.182. The number of nitrogens with one attached hydrogen (secondary N) is 1. The molecule has 1 aromatic carbocycles. The van der Waals surface area contributed by atoms with E-state index < -0.39 is 10.2 Å². The van der Waals surface area contributed by atoms with Gasteiger partial charge in [0.2, 0.25) is 0 Å². The van der Waals surface area contributed by atoms with Gasteiger partial charge in [-0.3, -0.25) is 4.90 Å². The zero-order chi connectivity index (χ0) is 19.9. The van der Waals surface area contributed by atoms with Crippen molar-refractivity contribution in [3.63, 3.8) is 0 Å². The molecule has 0 bridgehead atoms. The predicted molar refractivity (Wildman–Crippen MR) is 111 cm³/mol. The monoisotopic (exact) mass is 397 g/mol. The Hall–Kier alpha value is -1.15. The van der Waals surface area contributed by atoms with Crippen LogP contribution in [0.5, 0.6) is 5.75 Å². The second kappa shape index (κ2) is 10.4. The summed E-state index contributed by atoms with van der Waals surface area (Å²) in [5.41, 5.74) is 2.69. The highest BCUT2D eigenvalue weighted by Crippen LogP contribution is 2.31. The highest BCUT2D eigenvalue weighted by Gasteiger charge is 2.26. The molecule has 7 heteroatoms. The van der Waals surface area contributed by atoms with Crippen molar-refractivity contribution in [3.05, 3.63) is 29.3 Å². The first-order valence-corrected chi connectivity index (χ1v) is 11.5.